The molecule has 0 radical (unpaired) electrons. The molecule has 1 aliphatic heterocycles. The summed E-state index contributed by atoms with van der Waals surface area (Å²) in [5.41, 5.74) is 2.49. The van der Waals surface area contributed by atoms with Gasteiger partial charge in [0, 0.05) is 6.54 Å². The number of nitrogens with one attached hydrogen (secondary N) is 1. The molecule has 1 aromatic heterocycles. The Morgan fingerprint density at radius 3 is 2.67 bits per heavy atom. The maximum atomic E-state index is 11.8. The zero-order valence-electron chi connectivity index (χ0n) is 9.29. The third-order valence-corrected chi connectivity index (χ3v) is 2.53. The molecule has 0 aliphatic carbocycles. The first-order valence-corrected chi connectivity index (χ1v) is 5.21. The van der Waals surface area contributed by atoms with Crippen LogP contribution < -0.4 is 5.32 Å². The smallest absolute Gasteiger partial charge is 0.180 e. The zero-order valence-corrected chi connectivity index (χ0v) is 9.29. The van der Waals surface area contributed by atoms with E-state index in [1.807, 2.05) is 6.92 Å². The van der Waals surface area contributed by atoms with Gasteiger partial charge in [-0.25, -0.2) is 9.97 Å². The van der Waals surface area contributed by atoms with Gasteiger partial charge >= 0.3 is 0 Å². The molecule has 0 unspecified atom stereocenters. The minimum Gasteiger partial charge on any atom is -0.304 e. The van der Waals surface area contributed by atoms with Crippen LogP contribution in [0.3, 0.4) is 0 Å². The van der Waals surface area contributed by atoms with Gasteiger partial charge in [-0.05, 0) is 12.8 Å². The Labute approximate surface area is 89.1 Å². The molecule has 0 saturated heterocycles. The molecule has 0 atom stereocenters. The van der Waals surface area contributed by atoms with Crippen molar-refractivity contribution in [2.24, 2.45) is 0 Å². The van der Waals surface area contributed by atoms with Gasteiger partial charge in [0.25, 0.3) is 0 Å². The standard InChI is InChI=1S/C11H15N3O/c1-6(2)11-10-8(13-7(3)14-11)4-12-5-9(10)15/h6,12H,4-5H2,1-3H3. The Morgan fingerprint density at radius 2 is 2.00 bits per heavy atom. The maximum Gasteiger partial charge on any atom is 0.180 e. The predicted molar refractivity (Wildman–Crippen MR) is 56.9 cm³/mol. The summed E-state index contributed by atoms with van der Waals surface area (Å²) in [6.07, 6.45) is 0. The first kappa shape index (κ1) is 10.2. The zero-order chi connectivity index (χ0) is 11.0. The van der Waals surface area contributed by atoms with Crippen molar-refractivity contribution in [3.8, 4) is 0 Å². The van der Waals surface area contributed by atoms with Crippen molar-refractivity contribution in [2.45, 2.75) is 33.2 Å². The molecular weight excluding hydrogens is 190 g/mol. The number of hydrogen-bond acceptors (Lipinski definition) is 4. The molecule has 0 saturated carbocycles. The van der Waals surface area contributed by atoms with E-state index in [1.165, 1.54) is 0 Å². The highest BCUT2D eigenvalue weighted by Gasteiger charge is 2.24. The monoisotopic (exact) mass is 205 g/mol. The summed E-state index contributed by atoms with van der Waals surface area (Å²) >= 11 is 0. The number of nitrogens with zero attached hydrogens (tertiary/aromatic N) is 2. The summed E-state index contributed by atoms with van der Waals surface area (Å²) < 4.78 is 0. The molecule has 4 heteroatoms. The highest BCUT2D eigenvalue weighted by molar-refractivity contribution is 6.00. The van der Waals surface area contributed by atoms with Crippen LogP contribution in [0.2, 0.25) is 0 Å². The minimum atomic E-state index is 0.111. The molecule has 4 nitrogen and oxygen atoms in total. The van der Waals surface area contributed by atoms with E-state index in [2.05, 4.69) is 29.1 Å². The van der Waals surface area contributed by atoms with E-state index in [1.54, 1.807) is 0 Å². The predicted octanol–water partition coefficient (Wildman–Crippen LogP) is 1.19. The van der Waals surface area contributed by atoms with Gasteiger partial charge in [0.2, 0.25) is 0 Å². The van der Waals surface area contributed by atoms with E-state index in [-0.39, 0.29) is 11.7 Å². The van der Waals surface area contributed by atoms with Gasteiger partial charge < -0.3 is 5.32 Å². The molecule has 15 heavy (non-hydrogen) atoms. The van der Waals surface area contributed by atoms with Crippen LogP contribution in [0.1, 0.15) is 47.3 Å². The summed E-state index contributed by atoms with van der Waals surface area (Å²) in [6, 6.07) is 0. The molecule has 2 rings (SSSR count). The molecule has 0 bridgehead atoms. The lowest BCUT2D eigenvalue weighted by Gasteiger charge is -2.19. The Kier molecular flexibility index (Phi) is 2.52. The summed E-state index contributed by atoms with van der Waals surface area (Å²) in [5, 5.41) is 3.04. The summed E-state index contributed by atoms with van der Waals surface area (Å²) in [6.45, 7) is 7.04. The van der Waals surface area contributed by atoms with Gasteiger partial charge in [-0.1, -0.05) is 13.8 Å². The number of aromatic nitrogens is 2. The normalized spacial score (nSPS) is 15.6. The van der Waals surface area contributed by atoms with Gasteiger partial charge in [0.05, 0.1) is 23.5 Å². The van der Waals surface area contributed by atoms with Crippen molar-refractivity contribution < 1.29 is 4.79 Å². The van der Waals surface area contributed by atoms with Crippen LogP contribution in [-0.4, -0.2) is 22.3 Å². The third kappa shape index (κ3) is 1.77. The Morgan fingerprint density at radius 1 is 1.27 bits per heavy atom. The number of fused-ring (bicyclic) bond motifs is 1. The van der Waals surface area contributed by atoms with E-state index < -0.39 is 0 Å². The van der Waals surface area contributed by atoms with Gasteiger partial charge in [-0.15, -0.1) is 0 Å². The highest BCUT2D eigenvalue weighted by atomic mass is 16.1. The van der Waals surface area contributed by atoms with Gasteiger partial charge in [0.15, 0.2) is 5.78 Å². The Hall–Kier alpha value is -1.29. The molecule has 80 valence electrons. The molecule has 0 amide bonds. The van der Waals surface area contributed by atoms with Crippen molar-refractivity contribution in [3.05, 3.63) is 22.8 Å². The number of aryl methyl sites for hydroxylation is 1. The second kappa shape index (κ2) is 3.70. The molecule has 0 spiro atoms. The fourth-order valence-electron chi connectivity index (χ4n) is 1.89. The molecule has 0 aromatic carbocycles. The maximum absolute atomic E-state index is 11.8. The van der Waals surface area contributed by atoms with Crippen LogP contribution in [0.25, 0.3) is 0 Å². The lowest BCUT2D eigenvalue weighted by molar-refractivity contribution is 0.0979. The van der Waals surface area contributed by atoms with Gasteiger partial charge in [0.1, 0.15) is 5.82 Å². The van der Waals surface area contributed by atoms with Crippen molar-refractivity contribution in [3.63, 3.8) is 0 Å². The minimum absolute atomic E-state index is 0.111. The van der Waals surface area contributed by atoms with Crippen molar-refractivity contribution in [1.29, 1.82) is 0 Å². The number of Topliss-reactive ketones (excluding diaryl/α,β-unsaturated/α-hetero) is 1. The molecule has 0 fully saturated rings. The van der Waals surface area contributed by atoms with Crippen LogP contribution in [0.15, 0.2) is 0 Å². The highest BCUT2D eigenvalue weighted by Crippen LogP contribution is 2.22. The van der Waals surface area contributed by atoms with Gasteiger partial charge in [-0.3, -0.25) is 4.79 Å². The van der Waals surface area contributed by atoms with Crippen LogP contribution in [0.5, 0.6) is 0 Å². The lowest BCUT2D eigenvalue weighted by Crippen LogP contribution is -2.32. The van der Waals surface area contributed by atoms with Crippen LogP contribution >= 0.6 is 0 Å². The van der Waals surface area contributed by atoms with Crippen LogP contribution in [0.4, 0.5) is 0 Å². The van der Waals surface area contributed by atoms with Crippen molar-refractivity contribution in [2.75, 3.05) is 6.54 Å². The summed E-state index contributed by atoms with van der Waals surface area (Å²) in [5.74, 6) is 1.12. The molecule has 1 aliphatic rings. The first-order valence-electron chi connectivity index (χ1n) is 5.21. The number of ketones is 1. The van der Waals surface area contributed by atoms with E-state index in [0.717, 1.165) is 22.8 Å². The lowest BCUT2D eigenvalue weighted by atomic mass is 9.96. The number of carbonyl (C=O) groups is 1. The average molecular weight is 205 g/mol. The van der Waals surface area contributed by atoms with E-state index in [9.17, 15) is 4.79 Å². The van der Waals surface area contributed by atoms with E-state index in [0.29, 0.717) is 13.1 Å². The number of hydrogen-bond donors (Lipinski definition) is 1. The van der Waals surface area contributed by atoms with Crippen molar-refractivity contribution >= 4 is 5.78 Å². The fourth-order valence-corrected chi connectivity index (χ4v) is 1.89. The topological polar surface area (TPSA) is 54.9 Å². The first-order chi connectivity index (χ1) is 7.09. The largest absolute Gasteiger partial charge is 0.304 e. The molecule has 1 aromatic rings. The second-order valence-electron chi connectivity index (χ2n) is 4.16. The number of rotatable bonds is 1. The SMILES string of the molecule is Cc1nc2c(c(C(C)C)n1)C(=O)CNC2. The average Bonchev–Trinajstić information content (AvgIpc) is 2.16. The van der Waals surface area contributed by atoms with E-state index >= 15 is 0 Å². The third-order valence-electron chi connectivity index (χ3n) is 2.53. The molecule has 2 heterocycles. The molecule has 1 N–H and O–H groups in total. The molecular formula is C11H15N3O. The summed E-state index contributed by atoms with van der Waals surface area (Å²) in [4.78, 5) is 20.5. The quantitative estimate of drug-likeness (QED) is 0.748. The van der Waals surface area contributed by atoms with Gasteiger partial charge in [-0.2, -0.15) is 0 Å². The Bertz CT molecular complexity index is 413. The van der Waals surface area contributed by atoms with Crippen LogP contribution in [-0.2, 0) is 6.54 Å². The fraction of sp³-hybridized carbons (Fsp3) is 0.545. The second-order valence-corrected chi connectivity index (χ2v) is 4.16. The van der Waals surface area contributed by atoms with Crippen LogP contribution in [0, 0.1) is 6.92 Å². The Balaban J connectivity index is 2.63. The van der Waals surface area contributed by atoms with Crippen molar-refractivity contribution in [1.82, 2.24) is 15.3 Å². The van der Waals surface area contributed by atoms with E-state index in [4.69, 9.17) is 0 Å². The summed E-state index contributed by atoms with van der Waals surface area (Å²) in [7, 11) is 0. The number of carbonyl (C=O) groups excluding carboxylic acids is 1.